The number of nitrogens with one attached hydrogen (secondary N) is 2. The van der Waals surface area contributed by atoms with Crippen LogP contribution in [0.3, 0.4) is 0 Å². The van der Waals surface area contributed by atoms with Crippen LogP contribution >= 0.6 is 11.6 Å². The molecule has 0 saturated carbocycles. The first-order valence-corrected chi connectivity index (χ1v) is 9.76. The van der Waals surface area contributed by atoms with Crippen molar-refractivity contribution >= 4 is 17.7 Å². The van der Waals surface area contributed by atoms with Crippen molar-refractivity contribution in [3.8, 4) is 0 Å². The number of carbonyl (C=O) groups is 1. The van der Waals surface area contributed by atoms with E-state index >= 15 is 0 Å². The van der Waals surface area contributed by atoms with Gasteiger partial charge in [-0.15, -0.1) is 0 Å². The number of ether oxygens (including phenoxy) is 1. The summed E-state index contributed by atoms with van der Waals surface area (Å²) in [4.78, 5) is 12.2. The zero-order valence-electron chi connectivity index (χ0n) is 16.6. The summed E-state index contributed by atoms with van der Waals surface area (Å²) >= 11 is 5.86. The van der Waals surface area contributed by atoms with E-state index in [-0.39, 0.29) is 18.1 Å². The van der Waals surface area contributed by atoms with Crippen LogP contribution in [0.15, 0.2) is 54.6 Å². The van der Waals surface area contributed by atoms with Gasteiger partial charge >= 0.3 is 6.09 Å². The Labute approximate surface area is 172 Å². The van der Waals surface area contributed by atoms with Gasteiger partial charge in [0, 0.05) is 30.1 Å². The van der Waals surface area contributed by atoms with Gasteiger partial charge in [0.1, 0.15) is 6.10 Å². The molecule has 0 aliphatic heterocycles. The Morgan fingerprint density at radius 3 is 2.32 bits per heavy atom. The van der Waals surface area contributed by atoms with Gasteiger partial charge in [-0.25, -0.2) is 4.79 Å². The van der Waals surface area contributed by atoms with E-state index in [2.05, 4.69) is 10.6 Å². The van der Waals surface area contributed by atoms with Gasteiger partial charge in [-0.2, -0.15) is 0 Å². The van der Waals surface area contributed by atoms with Crippen LogP contribution in [0.1, 0.15) is 38.0 Å². The third-order valence-corrected chi connectivity index (χ3v) is 4.47. The van der Waals surface area contributed by atoms with Gasteiger partial charge in [0.15, 0.2) is 0 Å². The Morgan fingerprint density at radius 2 is 1.71 bits per heavy atom. The molecule has 152 valence electrons. The Balaban J connectivity index is 1.76. The first-order valence-electron chi connectivity index (χ1n) is 9.38. The number of alkyl carbamates (subject to hydrolysis) is 1. The van der Waals surface area contributed by atoms with Crippen LogP contribution in [0, 0.1) is 5.41 Å². The van der Waals surface area contributed by atoms with Crippen LogP contribution in [-0.2, 0) is 11.3 Å². The quantitative estimate of drug-likeness (QED) is 0.613. The topological polar surface area (TPSA) is 70.6 Å². The number of benzene rings is 2. The molecular formula is C22H29ClN2O3. The lowest BCUT2D eigenvalue weighted by molar-refractivity contribution is 0.0281. The second kappa shape index (κ2) is 10.5. The number of amides is 1. The summed E-state index contributed by atoms with van der Waals surface area (Å²) in [6.07, 6.45) is -1.64. The van der Waals surface area contributed by atoms with E-state index in [0.29, 0.717) is 18.1 Å². The average Bonchev–Trinajstić information content (AvgIpc) is 2.66. The fourth-order valence-corrected chi connectivity index (χ4v) is 2.91. The third kappa shape index (κ3) is 7.50. The fraction of sp³-hybridized carbons (Fsp3) is 0.409. The van der Waals surface area contributed by atoms with E-state index in [9.17, 15) is 9.90 Å². The number of carbonyl (C=O) groups excluding carboxylic acids is 1. The van der Waals surface area contributed by atoms with Crippen LogP contribution in [0.4, 0.5) is 4.79 Å². The number of aliphatic hydroxyl groups excluding tert-OH is 1. The van der Waals surface area contributed by atoms with E-state index in [1.807, 2.05) is 75.4 Å². The third-order valence-electron chi connectivity index (χ3n) is 4.22. The van der Waals surface area contributed by atoms with Crippen LogP contribution in [0.2, 0.25) is 5.02 Å². The molecule has 2 unspecified atom stereocenters. The predicted octanol–water partition coefficient (Wildman–Crippen LogP) is 4.30. The molecule has 0 aromatic heterocycles. The Morgan fingerprint density at radius 1 is 1.07 bits per heavy atom. The van der Waals surface area contributed by atoms with Gasteiger partial charge in [0.2, 0.25) is 0 Å². The Hall–Kier alpha value is -2.08. The van der Waals surface area contributed by atoms with Crippen molar-refractivity contribution in [2.75, 3.05) is 13.1 Å². The average molecular weight is 405 g/mol. The normalized spacial score (nSPS) is 13.6. The minimum atomic E-state index is -0.718. The molecule has 2 aromatic carbocycles. The number of halogens is 1. The Bertz CT molecular complexity index is 730. The summed E-state index contributed by atoms with van der Waals surface area (Å²) in [7, 11) is 0. The number of hydrogen-bond acceptors (Lipinski definition) is 4. The molecule has 0 bridgehead atoms. The molecule has 28 heavy (non-hydrogen) atoms. The first-order chi connectivity index (χ1) is 13.3. The van der Waals surface area contributed by atoms with E-state index in [1.165, 1.54) is 0 Å². The Kier molecular flexibility index (Phi) is 8.30. The number of aliphatic hydroxyl groups is 1. The maximum Gasteiger partial charge on any atom is 0.407 e. The van der Waals surface area contributed by atoms with Gasteiger partial charge < -0.3 is 20.5 Å². The highest BCUT2D eigenvalue weighted by Gasteiger charge is 2.30. The smallest absolute Gasteiger partial charge is 0.407 e. The van der Waals surface area contributed by atoms with Crippen LogP contribution in [0.5, 0.6) is 0 Å². The molecule has 0 saturated heterocycles. The van der Waals surface area contributed by atoms with Gasteiger partial charge in [0.05, 0.1) is 6.10 Å². The highest BCUT2D eigenvalue weighted by molar-refractivity contribution is 6.30. The van der Waals surface area contributed by atoms with Crippen LogP contribution < -0.4 is 10.6 Å². The van der Waals surface area contributed by atoms with Crippen molar-refractivity contribution < 1.29 is 14.6 Å². The summed E-state index contributed by atoms with van der Waals surface area (Å²) in [5.74, 6) is 0. The second-order valence-electron chi connectivity index (χ2n) is 7.85. The van der Waals surface area contributed by atoms with Crippen molar-refractivity contribution in [1.82, 2.24) is 10.6 Å². The maximum absolute atomic E-state index is 12.2. The highest BCUT2D eigenvalue weighted by Crippen LogP contribution is 2.35. The number of rotatable bonds is 8. The van der Waals surface area contributed by atoms with Gasteiger partial charge in [-0.3, -0.25) is 0 Å². The van der Waals surface area contributed by atoms with Crippen molar-refractivity contribution in [2.24, 2.45) is 5.41 Å². The molecular weight excluding hydrogens is 376 g/mol. The standard InChI is InChI=1S/C22H29ClN2O3/c1-22(2,3)20(17-7-5-4-6-8-17)28-21(27)25-15-19(26)14-24-13-16-9-11-18(23)12-10-16/h4-12,19-20,24,26H,13-15H2,1-3H3,(H,25,27). The van der Waals surface area contributed by atoms with E-state index in [4.69, 9.17) is 16.3 Å². The molecule has 0 radical (unpaired) electrons. The minimum Gasteiger partial charge on any atom is -0.441 e. The molecule has 0 spiro atoms. The highest BCUT2D eigenvalue weighted by atomic mass is 35.5. The molecule has 3 N–H and O–H groups in total. The second-order valence-corrected chi connectivity index (χ2v) is 8.29. The van der Waals surface area contributed by atoms with Crippen molar-refractivity contribution in [3.05, 3.63) is 70.7 Å². The summed E-state index contributed by atoms with van der Waals surface area (Å²) in [5.41, 5.74) is 1.76. The minimum absolute atomic E-state index is 0.109. The zero-order chi connectivity index (χ0) is 20.6. The molecule has 2 aromatic rings. The van der Waals surface area contributed by atoms with E-state index < -0.39 is 12.2 Å². The number of hydrogen-bond donors (Lipinski definition) is 3. The van der Waals surface area contributed by atoms with Crippen molar-refractivity contribution in [2.45, 2.75) is 39.5 Å². The monoisotopic (exact) mass is 404 g/mol. The van der Waals surface area contributed by atoms with Crippen molar-refractivity contribution in [1.29, 1.82) is 0 Å². The fourth-order valence-electron chi connectivity index (χ4n) is 2.78. The van der Waals surface area contributed by atoms with Crippen LogP contribution in [0.25, 0.3) is 0 Å². The molecule has 6 heteroatoms. The lowest BCUT2D eigenvalue weighted by Gasteiger charge is -2.30. The predicted molar refractivity (Wildman–Crippen MR) is 112 cm³/mol. The van der Waals surface area contributed by atoms with Crippen molar-refractivity contribution in [3.63, 3.8) is 0 Å². The lowest BCUT2D eigenvalue weighted by atomic mass is 9.84. The molecule has 0 fully saturated rings. The maximum atomic E-state index is 12.2. The van der Waals surface area contributed by atoms with Gasteiger partial charge in [0.25, 0.3) is 0 Å². The molecule has 0 aliphatic rings. The summed E-state index contributed by atoms with van der Waals surface area (Å²) in [6, 6.07) is 17.2. The van der Waals surface area contributed by atoms with Gasteiger partial charge in [-0.1, -0.05) is 74.8 Å². The summed E-state index contributed by atoms with van der Waals surface area (Å²) in [6.45, 7) is 7.13. The summed E-state index contributed by atoms with van der Waals surface area (Å²) in [5, 5.41) is 16.6. The van der Waals surface area contributed by atoms with E-state index in [0.717, 1.165) is 11.1 Å². The molecule has 5 nitrogen and oxygen atoms in total. The van der Waals surface area contributed by atoms with Gasteiger partial charge in [-0.05, 0) is 23.3 Å². The van der Waals surface area contributed by atoms with Crippen LogP contribution in [-0.4, -0.2) is 30.4 Å². The molecule has 0 heterocycles. The molecule has 2 rings (SSSR count). The molecule has 2 atom stereocenters. The molecule has 0 aliphatic carbocycles. The summed E-state index contributed by atoms with van der Waals surface area (Å²) < 4.78 is 5.64. The lowest BCUT2D eigenvalue weighted by Crippen LogP contribution is -2.39. The zero-order valence-corrected chi connectivity index (χ0v) is 17.4. The molecule has 1 amide bonds. The van der Waals surface area contributed by atoms with E-state index in [1.54, 1.807) is 0 Å². The largest absolute Gasteiger partial charge is 0.441 e. The SMILES string of the molecule is CC(C)(C)C(OC(=O)NCC(O)CNCc1ccc(Cl)cc1)c1ccccc1. The first kappa shape index (κ1) is 22.2.